The number of nitrogens with zero attached hydrogens (tertiary/aromatic N) is 6. The maximum atomic E-state index is 13.0. The molecule has 4 heterocycles. The summed E-state index contributed by atoms with van der Waals surface area (Å²) in [5, 5.41) is 11.5. The monoisotopic (exact) mass is 433 g/mol. The number of carbonyl (C=O) groups is 2. The van der Waals surface area contributed by atoms with Crippen molar-refractivity contribution in [2.45, 2.75) is 39.7 Å². The van der Waals surface area contributed by atoms with Crippen LogP contribution in [0.5, 0.6) is 0 Å². The normalized spacial score (nSPS) is 21.0. The highest BCUT2D eigenvalue weighted by atomic mass is 16.2. The van der Waals surface area contributed by atoms with E-state index in [4.69, 9.17) is 0 Å². The number of carbonyl (C=O) groups excluding carboxylic acids is 2. The van der Waals surface area contributed by atoms with Crippen molar-refractivity contribution in [2.75, 3.05) is 29.4 Å². The summed E-state index contributed by atoms with van der Waals surface area (Å²) in [5.74, 6) is 1.20. The lowest BCUT2D eigenvalue weighted by Gasteiger charge is -2.20. The van der Waals surface area contributed by atoms with Crippen molar-refractivity contribution < 1.29 is 9.59 Å². The molecule has 166 valence electrons. The van der Waals surface area contributed by atoms with Gasteiger partial charge in [-0.3, -0.25) is 14.0 Å². The standard InChI is InChI=1S/C23H27N7O2/c1-14-4-5-19(10-15(14)2)30-12-17(11-20(30)31)23(32)25-18-6-8-28(13-18)21-22-27-26-16(3)29(22)9-7-24-21/h4-5,7,9-10,17-18H,6,8,11-13H2,1-3H3,(H,25,32)/t17-,18+/m1/s1. The maximum absolute atomic E-state index is 13.0. The van der Waals surface area contributed by atoms with Crippen LogP contribution >= 0.6 is 0 Å². The number of hydrogen-bond acceptors (Lipinski definition) is 6. The fourth-order valence-corrected chi connectivity index (χ4v) is 4.57. The number of hydrogen-bond donors (Lipinski definition) is 1. The smallest absolute Gasteiger partial charge is 0.227 e. The molecule has 2 saturated heterocycles. The van der Waals surface area contributed by atoms with E-state index in [1.54, 1.807) is 11.1 Å². The molecule has 2 atom stereocenters. The molecule has 2 aromatic heterocycles. The van der Waals surface area contributed by atoms with Gasteiger partial charge in [0.25, 0.3) is 0 Å². The summed E-state index contributed by atoms with van der Waals surface area (Å²) in [4.78, 5) is 33.9. The second kappa shape index (κ2) is 7.89. The van der Waals surface area contributed by atoms with Gasteiger partial charge in [-0.25, -0.2) is 4.98 Å². The predicted molar refractivity (Wildman–Crippen MR) is 121 cm³/mol. The molecule has 3 aromatic rings. The van der Waals surface area contributed by atoms with Gasteiger partial charge in [-0.2, -0.15) is 0 Å². The fourth-order valence-electron chi connectivity index (χ4n) is 4.57. The Morgan fingerprint density at radius 2 is 1.97 bits per heavy atom. The summed E-state index contributed by atoms with van der Waals surface area (Å²) in [7, 11) is 0. The Kier molecular flexibility index (Phi) is 5.03. The molecular weight excluding hydrogens is 406 g/mol. The van der Waals surface area contributed by atoms with E-state index in [9.17, 15) is 9.59 Å². The van der Waals surface area contributed by atoms with Crippen LogP contribution in [0.3, 0.4) is 0 Å². The minimum atomic E-state index is -0.334. The average Bonchev–Trinajstić information content (AvgIpc) is 3.49. The molecule has 0 radical (unpaired) electrons. The van der Waals surface area contributed by atoms with Crippen molar-refractivity contribution in [1.29, 1.82) is 0 Å². The molecule has 9 nitrogen and oxygen atoms in total. The second-order valence-corrected chi connectivity index (χ2v) is 8.81. The number of aromatic nitrogens is 4. The molecule has 2 amide bonds. The molecule has 1 aromatic carbocycles. The zero-order valence-corrected chi connectivity index (χ0v) is 18.6. The largest absolute Gasteiger partial charge is 0.351 e. The number of anilines is 2. The summed E-state index contributed by atoms with van der Waals surface area (Å²) < 4.78 is 1.92. The zero-order valence-electron chi connectivity index (χ0n) is 18.6. The van der Waals surface area contributed by atoms with E-state index < -0.39 is 0 Å². The highest BCUT2D eigenvalue weighted by molar-refractivity contribution is 6.00. The van der Waals surface area contributed by atoms with Crippen molar-refractivity contribution in [2.24, 2.45) is 5.92 Å². The van der Waals surface area contributed by atoms with E-state index in [0.29, 0.717) is 13.1 Å². The number of nitrogens with one attached hydrogen (secondary N) is 1. The minimum absolute atomic E-state index is 0.000457. The highest BCUT2D eigenvalue weighted by Crippen LogP contribution is 2.28. The molecule has 2 aliphatic rings. The van der Waals surface area contributed by atoms with Gasteiger partial charge in [0.2, 0.25) is 17.5 Å². The lowest BCUT2D eigenvalue weighted by molar-refractivity contribution is -0.126. The molecule has 2 fully saturated rings. The molecule has 0 aliphatic carbocycles. The third kappa shape index (κ3) is 3.57. The van der Waals surface area contributed by atoms with E-state index in [1.807, 2.05) is 49.6 Å². The van der Waals surface area contributed by atoms with Gasteiger partial charge >= 0.3 is 0 Å². The third-order valence-electron chi connectivity index (χ3n) is 6.61. The van der Waals surface area contributed by atoms with Crippen LogP contribution in [-0.4, -0.2) is 57.1 Å². The van der Waals surface area contributed by atoms with Crippen LogP contribution in [-0.2, 0) is 9.59 Å². The Morgan fingerprint density at radius 3 is 2.78 bits per heavy atom. The van der Waals surface area contributed by atoms with E-state index in [0.717, 1.165) is 41.5 Å². The molecule has 5 rings (SSSR count). The van der Waals surface area contributed by atoms with Crippen LogP contribution in [0.2, 0.25) is 0 Å². The van der Waals surface area contributed by atoms with E-state index in [2.05, 4.69) is 25.4 Å². The Balaban J connectivity index is 1.23. The summed E-state index contributed by atoms with van der Waals surface area (Å²) in [5.41, 5.74) is 3.92. The van der Waals surface area contributed by atoms with Crippen LogP contribution in [0.4, 0.5) is 11.5 Å². The lowest BCUT2D eigenvalue weighted by atomic mass is 10.1. The van der Waals surface area contributed by atoms with Crippen molar-refractivity contribution >= 4 is 29.0 Å². The number of amides is 2. The van der Waals surface area contributed by atoms with Gasteiger partial charge in [-0.15, -0.1) is 10.2 Å². The van der Waals surface area contributed by atoms with Gasteiger partial charge < -0.3 is 15.1 Å². The van der Waals surface area contributed by atoms with E-state index >= 15 is 0 Å². The summed E-state index contributed by atoms with van der Waals surface area (Å²) in [6, 6.07) is 6.00. The van der Waals surface area contributed by atoms with Crippen molar-refractivity contribution in [3.05, 3.63) is 47.5 Å². The first kappa shape index (κ1) is 20.4. The average molecular weight is 434 g/mol. The van der Waals surface area contributed by atoms with Crippen LogP contribution < -0.4 is 15.1 Å². The number of rotatable bonds is 4. The molecule has 0 bridgehead atoms. The SMILES string of the molecule is Cc1ccc(N2C[C@H](C(=O)N[C@H]3CCN(c4nccn5c(C)nnc45)C3)CC2=O)cc1C. The Bertz CT molecular complexity index is 1200. The molecule has 32 heavy (non-hydrogen) atoms. The highest BCUT2D eigenvalue weighted by Gasteiger charge is 2.37. The zero-order chi connectivity index (χ0) is 22.4. The van der Waals surface area contributed by atoms with Gasteiger partial charge in [-0.1, -0.05) is 6.07 Å². The molecule has 1 N–H and O–H groups in total. The second-order valence-electron chi connectivity index (χ2n) is 8.81. The quantitative estimate of drug-likeness (QED) is 0.674. The first-order valence-corrected chi connectivity index (χ1v) is 11.0. The molecular formula is C23H27N7O2. The molecule has 0 unspecified atom stereocenters. The predicted octanol–water partition coefficient (Wildman–Crippen LogP) is 1.80. The Hall–Kier alpha value is -3.49. The molecule has 0 saturated carbocycles. The molecule has 9 heteroatoms. The van der Waals surface area contributed by atoms with Crippen LogP contribution in [0.25, 0.3) is 5.65 Å². The summed E-state index contributed by atoms with van der Waals surface area (Å²) in [6.45, 7) is 7.84. The van der Waals surface area contributed by atoms with Gasteiger partial charge in [0, 0.05) is 50.2 Å². The van der Waals surface area contributed by atoms with Gasteiger partial charge in [0.1, 0.15) is 5.82 Å². The Labute approximate surface area is 186 Å². The van der Waals surface area contributed by atoms with Gasteiger partial charge in [-0.05, 0) is 50.5 Å². The third-order valence-corrected chi connectivity index (χ3v) is 6.61. The van der Waals surface area contributed by atoms with Crippen molar-refractivity contribution in [3.8, 4) is 0 Å². The minimum Gasteiger partial charge on any atom is -0.351 e. The fraction of sp³-hybridized carbons (Fsp3) is 0.435. The van der Waals surface area contributed by atoms with Crippen LogP contribution in [0, 0.1) is 26.7 Å². The first-order chi connectivity index (χ1) is 15.4. The lowest BCUT2D eigenvalue weighted by Crippen LogP contribution is -2.41. The topological polar surface area (TPSA) is 95.7 Å². The molecule has 0 spiro atoms. The van der Waals surface area contributed by atoms with Gasteiger partial charge in [0.15, 0.2) is 5.82 Å². The first-order valence-electron chi connectivity index (χ1n) is 11.0. The Morgan fingerprint density at radius 1 is 1.12 bits per heavy atom. The number of fused-ring (bicyclic) bond motifs is 1. The van der Waals surface area contributed by atoms with Gasteiger partial charge in [0.05, 0.1) is 5.92 Å². The molecule has 2 aliphatic heterocycles. The summed E-state index contributed by atoms with van der Waals surface area (Å²) >= 11 is 0. The maximum Gasteiger partial charge on any atom is 0.227 e. The van der Waals surface area contributed by atoms with Crippen LogP contribution in [0.15, 0.2) is 30.6 Å². The van der Waals surface area contributed by atoms with E-state index in [1.165, 1.54) is 5.56 Å². The van der Waals surface area contributed by atoms with Crippen molar-refractivity contribution in [1.82, 2.24) is 24.9 Å². The van der Waals surface area contributed by atoms with Crippen LogP contribution in [0.1, 0.15) is 29.8 Å². The van der Waals surface area contributed by atoms with Crippen molar-refractivity contribution in [3.63, 3.8) is 0 Å². The number of benzene rings is 1. The van der Waals surface area contributed by atoms with E-state index in [-0.39, 0.29) is 30.2 Å². The number of aryl methyl sites for hydroxylation is 3. The summed E-state index contributed by atoms with van der Waals surface area (Å²) in [6.07, 6.45) is 4.66.